The molecule has 2 amide bonds. The maximum atomic E-state index is 11.7. The lowest BCUT2D eigenvalue weighted by atomic mass is 10.2. The maximum absolute atomic E-state index is 11.7. The van der Waals surface area contributed by atoms with Gasteiger partial charge >= 0.3 is 0 Å². The topological polar surface area (TPSA) is 76.7 Å². The van der Waals surface area contributed by atoms with Crippen LogP contribution in [0.15, 0.2) is 24.3 Å². The van der Waals surface area contributed by atoms with E-state index in [2.05, 4.69) is 10.6 Å². The number of amides is 2. The Labute approximate surface area is 124 Å². The van der Waals surface area contributed by atoms with Crippen molar-refractivity contribution in [3.8, 4) is 0 Å². The maximum Gasteiger partial charge on any atom is 0.250 e. The lowest BCUT2D eigenvalue weighted by molar-refractivity contribution is -0.121. The quantitative estimate of drug-likeness (QED) is 0.718. The summed E-state index contributed by atoms with van der Waals surface area (Å²) in [7, 11) is 1.57. The Morgan fingerprint density at radius 1 is 1.14 bits per heavy atom. The van der Waals surface area contributed by atoms with Gasteiger partial charge in [-0.2, -0.15) is 0 Å². The van der Waals surface area contributed by atoms with E-state index in [9.17, 15) is 9.59 Å². The highest BCUT2D eigenvalue weighted by Gasteiger charge is 2.08. The zero-order valence-electron chi connectivity index (χ0n) is 12.6. The summed E-state index contributed by atoms with van der Waals surface area (Å²) in [6.07, 6.45) is 0. The Morgan fingerprint density at radius 2 is 1.81 bits per heavy atom. The van der Waals surface area contributed by atoms with Crippen molar-refractivity contribution in [3.05, 3.63) is 24.3 Å². The second-order valence-electron chi connectivity index (χ2n) is 4.82. The summed E-state index contributed by atoms with van der Waals surface area (Å²) in [5.74, 6) is -0.419. The number of ether oxygens (including phenoxy) is 2. The largest absolute Gasteiger partial charge is 0.382 e. The molecule has 1 aromatic carbocycles. The lowest BCUT2D eigenvalue weighted by Crippen LogP contribution is -2.20. The van der Waals surface area contributed by atoms with Crippen LogP contribution in [0.1, 0.15) is 13.8 Å². The third-order valence-electron chi connectivity index (χ3n) is 2.60. The molecule has 0 saturated heterocycles. The third-order valence-corrected chi connectivity index (χ3v) is 2.60. The summed E-state index contributed by atoms with van der Waals surface area (Å²) in [6, 6.07) is 6.98. The molecule has 1 aromatic rings. The minimum Gasteiger partial charge on any atom is -0.382 e. The van der Waals surface area contributed by atoms with Gasteiger partial charge in [0.1, 0.15) is 6.61 Å². The van der Waals surface area contributed by atoms with Crippen LogP contribution < -0.4 is 10.6 Å². The number of hydrogen-bond acceptors (Lipinski definition) is 4. The molecule has 0 aliphatic heterocycles. The summed E-state index contributed by atoms with van der Waals surface area (Å²) in [6.45, 7) is 4.42. The van der Waals surface area contributed by atoms with E-state index in [-0.39, 0.29) is 24.3 Å². The van der Waals surface area contributed by atoms with Crippen LogP contribution in [0.4, 0.5) is 11.4 Å². The van der Waals surface area contributed by atoms with Gasteiger partial charge in [-0.15, -0.1) is 0 Å². The first-order valence-corrected chi connectivity index (χ1v) is 6.80. The molecule has 0 saturated carbocycles. The standard InChI is InChI=1S/C15H22N2O4/c1-11(2)15(19)17-13-6-4-5-12(9-13)16-14(18)10-21-8-7-20-3/h4-6,9,11H,7-8,10H2,1-3H3,(H,16,18)(H,17,19). The van der Waals surface area contributed by atoms with E-state index in [1.165, 1.54) is 0 Å². The van der Waals surface area contributed by atoms with Crippen LogP contribution in [0.3, 0.4) is 0 Å². The molecule has 0 radical (unpaired) electrons. The molecule has 0 atom stereocenters. The highest BCUT2D eigenvalue weighted by atomic mass is 16.5. The van der Waals surface area contributed by atoms with E-state index >= 15 is 0 Å². The minimum atomic E-state index is -0.251. The summed E-state index contributed by atoms with van der Waals surface area (Å²) >= 11 is 0. The van der Waals surface area contributed by atoms with Gasteiger partial charge in [0, 0.05) is 24.4 Å². The minimum absolute atomic E-state index is 0.0358. The molecule has 6 nitrogen and oxygen atoms in total. The van der Waals surface area contributed by atoms with Gasteiger partial charge < -0.3 is 20.1 Å². The van der Waals surface area contributed by atoms with Gasteiger partial charge in [-0.1, -0.05) is 19.9 Å². The Balaban J connectivity index is 2.48. The van der Waals surface area contributed by atoms with E-state index in [1.807, 2.05) is 13.8 Å². The average molecular weight is 294 g/mol. The Morgan fingerprint density at radius 3 is 2.43 bits per heavy atom. The first-order chi connectivity index (χ1) is 10.0. The Hall–Kier alpha value is -1.92. The second kappa shape index (κ2) is 9.10. The molecule has 21 heavy (non-hydrogen) atoms. The molecule has 1 rings (SSSR count). The van der Waals surface area contributed by atoms with Crippen molar-refractivity contribution < 1.29 is 19.1 Å². The van der Waals surface area contributed by atoms with Gasteiger partial charge in [0.05, 0.1) is 13.2 Å². The van der Waals surface area contributed by atoms with Crippen molar-refractivity contribution >= 4 is 23.2 Å². The average Bonchev–Trinajstić information content (AvgIpc) is 2.44. The van der Waals surface area contributed by atoms with E-state index in [1.54, 1.807) is 31.4 Å². The first-order valence-electron chi connectivity index (χ1n) is 6.80. The van der Waals surface area contributed by atoms with Crippen molar-refractivity contribution in [2.24, 2.45) is 5.92 Å². The number of nitrogens with one attached hydrogen (secondary N) is 2. The number of methoxy groups -OCH3 is 1. The van der Waals surface area contributed by atoms with Crippen molar-refractivity contribution in [1.29, 1.82) is 0 Å². The lowest BCUT2D eigenvalue weighted by Gasteiger charge is -2.10. The molecule has 0 aromatic heterocycles. The fraction of sp³-hybridized carbons (Fsp3) is 0.467. The molecule has 0 spiro atoms. The fourth-order valence-corrected chi connectivity index (χ4v) is 1.47. The molecule has 6 heteroatoms. The third kappa shape index (κ3) is 6.87. The summed E-state index contributed by atoms with van der Waals surface area (Å²) in [5.41, 5.74) is 1.25. The molecule has 116 valence electrons. The number of hydrogen-bond donors (Lipinski definition) is 2. The molecule has 0 aliphatic rings. The van der Waals surface area contributed by atoms with Gasteiger partial charge in [-0.3, -0.25) is 9.59 Å². The van der Waals surface area contributed by atoms with Crippen LogP contribution in [0.2, 0.25) is 0 Å². The van der Waals surface area contributed by atoms with Crippen molar-refractivity contribution in [2.45, 2.75) is 13.8 Å². The van der Waals surface area contributed by atoms with Crippen molar-refractivity contribution in [2.75, 3.05) is 37.6 Å². The van der Waals surface area contributed by atoms with Crippen LogP contribution in [-0.4, -0.2) is 38.7 Å². The van der Waals surface area contributed by atoms with E-state index in [4.69, 9.17) is 9.47 Å². The molecule has 0 fully saturated rings. The van der Waals surface area contributed by atoms with E-state index < -0.39 is 0 Å². The summed E-state index contributed by atoms with van der Waals surface area (Å²) in [5, 5.41) is 5.48. The van der Waals surface area contributed by atoms with Gasteiger partial charge in [0.15, 0.2) is 0 Å². The van der Waals surface area contributed by atoms with Crippen LogP contribution in [0.5, 0.6) is 0 Å². The molecule has 0 bridgehead atoms. The first kappa shape index (κ1) is 17.1. The number of rotatable bonds is 8. The zero-order chi connectivity index (χ0) is 15.7. The molecule has 0 heterocycles. The number of carbonyl (C=O) groups excluding carboxylic acids is 2. The molecule has 2 N–H and O–H groups in total. The molecular weight excluding hydrogens is 272 g/mol. The van der Waals surface area contributed by atoms with Gasteiger partial charge in [-0.25, -0.2) is 0 Å². The van der Waals surface area contributed by atoms with Crippen LogP contribution in [0.25, 0.3) is 0 Å². The fourth-order valence-electron chi connectivity index (χ4n) is 1.47. The highest BCUT2D eigenvalue weighted by molar-refractivity contribution is 5.95. The highest BCUT2D eigenvalue weighted by Crippen LogP contribution is 2.15. The van der Waals surface area contributed by atoms with Gasteiger partial charge in [-0.05, 0) is 18.2 Å². The smallest absolute Gasteiger partial charge is 0.250 e. The van der Waals surface area contributed by atoms with E-state index in [0.717, 1.165) is 0 Å². The zero-order valence-corrected chi connectivity index (χ0v) is 12.6. The van der Waals surface area contributed by atoms with Crippen molar-refractivity contribution in [1.82, 2.24) is 0 Å². The normalized spacial score (nSPS) is 10.5. The van der Waals surface area contributed by atoms with Crippen LogP contribution in [0, 0.1) is 5.92 Å². The molecular formula is C15H22N2O4. The predicted molar refractivity (Wildman–Crippen MR) is 81.2 cm³/mol. The van der Waals surface area contributed by atoms with Crippen LogP contribution >= 0.6 is 0 Å². The predicted octanol–water partition coefficient (Wildman–Crippen LogP) is 1.88. The van der Waals surface area contributed by atoms with Gasteiger partial charge in [0.2, 0.25) is 11.8 Å². The molecule has 0 unspecified atom stereocenters. The summed E-state index contributed by atoms with van der Waals surface area (Å²) < 4.78 is 9.94. The second-order valence-corrected chi connectivity index (χ2v) is 4.82. The number of benzene rings is 1. The number of anilines is 2. The number of carbonyl (C=O) groups is 2. The molecule has 0 aliphatic carbocycles. The SMILES string of the molecule is COCCOCC(=O)Nc1cccc(NC(=O)C(C)C)c1. The Kier molecular flexibility index (Phi) is 7.42. The van der Waals surface area contributed by atoms with Crippen molar-refractivity contribution in [3.63, 3.8) is 0 Å². The Bertz CT molecular complexity index is 474. The van der Waals surface area contributed by atoms with Crippen LogP contribution in [-0.2, 0) is 19.1 Å². The summed E-state index contributed by atoms with van der Waals surface area (Å²) in [4.78, 5) is 23.3. The van der Waals surface area contributed by atoms with E-state index in [0.29, 0.717) is 24.6 Å². The van der Waals surface area contributed by atoms with Gasteiger partial charge in [0.25, 0.3) is 0 Å². The monoisotopic (exact) mass is 294 g/mol.